The molecule has 2 rings (SSSR count). The molecule has 1 amide bonds. The first-order valence-electron chi connectivity index (χ1n) is 8.79. The summed E-state index contributed by atoms with van der Waals surface area (Å²) in [6.45, 7) is 10.5. The van der Waals surface area contributed by atoms with Crippen LogP contribution < -0.4 is 15.5 Å². The second-order valence-corrected chi connectivity index (χ2v) is 5.97. The predicted molar refractivity (Wildman–Crippen MR) is 112 cm³/mol. The van der Waals surface area contributed by atoms with Crippen LogP contribution in [0.5, 0.6) is 0 Å². The van der Waals surface area contributed by atoms with Gasteiger partial charge in [0.25, 0.3) is 5.91 Å². The van der Waals surface area contributed by atoms with Gasteiger partial charge in [-0.25, -0.2) is 0 Å². The summed E-state index contributed by atoms with van der Waals surface area (Å²) >= 11 is 0. The minimum atomic E-state index is -0.0223. The first-order valence-corrected chi connectivity index (χ1v) is 8.79. The zero-order valence-electron chi connectivity index (χ0n) is 15.7. The van der Waals surface area contributed by atoms with Crippen molar-refractivity contribution in [1.82, 2.24) is 15.5 Å². The molecule has 0 radical (unpaired) electrons. The molecule has 2 N–H and O–H groups in total. The molecule has 150 valence electrons. The molecule has 0 spiro atoms. The Labute approximate surface area is 169 Å². The van der Waals surface area contributed by atoms with Crippen molar-refractivity contribution in [3.8, 4) is 0 Å². The van der Waals surface area contributed by atoms with Gasteiger partial charge in [-0.3, -0.25) is 4.79 Å². The van der Waals surface area contributed by atoms with E-state index in [1.165, 1.54) is 5.69 Å². The van der Waals surface area contributed by atoms with Crippen molar-refractivity contribution in [2.75, 3.05) is 71.0 Å². The molecule has 0 atom stereocenters. The highest BCUT2D eigenvalue weighted by molar-refractivity contribution is 5.94. The molecule has 1 fully saturated rings. The number of nitrogens with one attached hydrogen (secondary N) is 2. The van der Waals surface area contributed by atoms with Crippen molar-refractivity contribution in [2.24, 2.45) is 0 Å². The first-order chi connectivity index (χ1) is 11.7. The highest BCUT2D eigenvalue weighted by Crippen LogP contribution is 2.17. The summed E-state index contributed by atoms with van der Waals surface area (Å²) < 4.78 is 4.96. The Hall–Kier alpha value is -1.05. The fraction of sp³-hybridized carbons (Fsp3) is 0.611. The van der Waals surface area contributed by atoms with Crippen LogP contribution in [0.3, 0.4) is 0 Å². The van der Waals surface area contributed by atoms with E-state index in [2.05, 4.69) is 27.4 Å². The number of halogens is 2. The van der Waals surface area contributed by atoms with E-state index in [-0.39, 0.29) is 30.7 Å². The van der Waals surface area contributed by atoms with Gasteiger partial charge in [-0.05, 0) is 30.8 Å². The van der Waals surface area contributed by atoms with Crippen LogP contribution in [-0.4, -0.2) is 76.9 Å². The van der Waals surface area contributed by atoms with Crippen LogP contribution in [-0.2, 0) is 4.74 Å². The van der Waals surface area contributed by atoms with Crippen molar-refractivity contribution in [2.45, 2.75) is 6.92 Å². The molecule has 1 aromatic rings. The molecular weight excluding hydrogens is 375 g/mol. The van der Waals surface area contributed by atoms with Crippen molar-refractivity contribution >= 4 is 36.4 Å². The SMILES string of the molecule is CCN1CCN(c2ccc(C(=O)NCCNCCOC)cc2)CC1.Cl.Cl. The second-order valence-electron chi connectivity index (χ2n) is 5.97. The van der Waals surface area contributed by atoms with Crippen LogP contribution in [0.2, 0.25) is 0 Å². The maximum Gasteiger partial charge on any atom is 0.251 e. The number of methoxy groups -OCH3 is 1. The quantitative estimate of drug-likeness (QED) is 0.610. The molecule has 1 aromatic carbocycles. The Balaban J connectivity index is 0.00000312. The van der Waals surface area contributed by atoms with Crippen molar-refractivity contribution < 1.29 is 9.53 Å². The first kappa shape index (κ1) is 24.9. The highest BCUT2D eigenvalue weighted by Gasteiger charge is 2.16. The smallest absolute Gasteiger partial charge is 0.251 e. The number of ether oxygens (including phenoxy) is 1. The van der Waals surface area contributed by atoms with Crippen molar-refractivity contribution in [1.29, 1.82) is 0 Å². The van der Waals surface area contributed by atoms with Gasteiger partial charge in [0.05, 0.1) is 6.61 Å². The maximum absolute atomic E-state index is 12.1. The van der Waals surface area contributed by atoms with Crippen LogP contribution in [0, 0.1) is 0 Å². The number of amides is 1. The Morgan fingerprint density at radius 1 is 1.04 bits per heavy atom. The van der Waals surface area contributed by atoms with Gasteiger partial charge in [0.2, 0.25) is 0 Å². The highest BCUT2D eigenvalue weighted by atomic mass is 35.5. The zero-order valence-corrected chi connectivity index (χ0v) is 17.3. The largest absolute Gasteiger partial charge is 0.383 e. The number of likely N-dealkylation sites (N-methyl/N-ethyl adjacent to an activating group) is 1. The Morgan fingerprint density at radius 3 is 2.27 bits per heavy atom. The molecule has 26 heavy (non-hydrogen) atoms. The molecular formula is C18H32Cl2N4O2. The molecule has 1 aliphatic heterocycles. The predicted octanol–water partition coefficient (Wildman–Crippen LogP) is 1.64. The lowest BCUT2D eigenvalue weighted by molar-refractivity contribution is 0.0953. The lowest BCUT2D eigenvalue weighted by Crippen LogP contribution is -2.46. The molecule has 0 bridgehead atoms. The van der Waals surface area contributed by atoms with Gasteiger partial charge in [-0.2, -0.15) is 0 Å². The van der Waals surface area contributed by atoms with Crippen LogP contribution in [0.1, 0.15) is 17.3 Å². The Kier molecular flexibility index (Phi) is 13.5. The monoisotopic (exact) mass is 406 g/mol. The number of anilines is 1. The summed E-state index contributed by atoms with van der Waals surface area (Å²) in [5.74, 6) is -0.0223. The summed E-state index contributed by atoms with van der Waals surface area (Å²) in [6, 6.07) is 7.92. The number of piperazine rings is 1. The second kappa shape index (κ2) is 14.1. The van der Waals surface area contributed by atoms with Crippen LogP contribution in [0.25, 0.3) is 0 Å². The van der Waals surface area contributed by atoms with Crippen molar-refractivity contribution in [3.63, 3.8) is 0 Å². The molecule has 0 unspecified atom stereocenters. The minimum Gasteiger partial charge on any atom is -0.383 e. The van der Waals surface area contributed by atoms with E-state index in [0.717, 1.165) is 45.8 Å². The normalized spacial score (nSPS) is 14.3. The molecule has 1 aliphatic rings. The van der Waals surface area contributed by atoms with Gasteiger partial charge in [-0.1, -0.05) is 6.92 Å². The minimum absolute atomic E-state index is 0. The fourth-order valence-electron chi connectivity index (χ4n) is 2.81. The van der Waals surface area contributed by atoms with E-state index in [9.17, 15) is 4.79 Å². The average Bonchev–Trinajstić information content (AvgIpc) is 2.64. The van der Waals surface area contributed by atoms with Gasteiger partial charge in [0.1, 0.15) is 0 Å². The maximum atomic E-state index is 12.1. The van der Waals surface area contributed by atoms with Gasteiger partial charge >= 0.3 is 0 Å². The number of benzene rings is 1. The van der Waals surface area contributed by atoms with Gasteiger partial charge in [0.15, 0.2) is 0 Å². The van der Waals surface area contributed by atoms with E-state index in [1.54, 1.807) is 7.11 Å². The molecule has 1 saturated heterocycles. The lowest BCUT2D eigenvalue weighted by Gasteiger charge is -2.35. The van der Waals surface area contributed by atoms with E-state index < -0.39 is 0 Å². The molecule has 0 saturated carbocycles. The summed E-state index contributed by atoms with van der Waals surface area (Å²) in [5.41, 5.74) is 1.91. The Morgan fingerprint density at radius 2 is 1.69 bits per heavy atom. The fourth-order valence-corrected chi connectivity index (χ4v) is 2.81. The molecule has 0 aromatic heterocycles. The number of rotatable bonds is 9. The number of carbonyl (C=O) groups is 1. The van der Waals surface area contributed by atoms with E-state index in [4.69, 9.17) is 4.74 Å². The summed E-state index contributed by atoms with van der Waals surface area (Å²) in [4.78, 5) is 17.0. The Bertz CT molecular complexity index is 494. The van der Waals surface area contributed by atoms with Gasteiger partial charge < -0.3 is 25.2 Å². The van der Waals surface area contributed by atoms with Crippen LogP contribution >= 0.6 is 24.8 Å². The third kappa shape index (κ3) is 8.10. The van der Waals surface area contributed by atoms with E-state index in [0.29, 0.717) is 18.7 Å². The lowest BCUT2D eigenvalue weighted by atomic mass is 10.1. The number of hydrogen-bond donors (Lipinski definition) is 2. The number of nitrogens with zero attached hydrogens (tertiary/aromatic N) is 2. The van der Waals surface area contributed by atoms with E-state index in [1.807, 2.05) is 24.3 Å². The number of carbonyl (C=O) groups excluding carboxylic acids is 1. The standard InChI is InChI=1S/C18H30N4O2.2ClH/c1-3-21-11-13-22(14-12-21)17-6-4-16(5-7-17)18(23)20-9-8-19-10-15-24-2;;/h4-7,19H,3,8-15H2,1-2H3,(H,20,23);2*1H. The summed E-state index contributed by atoms with van der Waals surface area (Å²) in [6.07, 6.45) is 0. The van der Waals surface area contributed by atoms with Gasteiger partial charge in [-0.15, -0.1) is 24.8 Å². The third-order valence-electron chi connectivity index (χ3n) is 4.38. The van der Waals surface area contributed by atoms with Gasteiger partial charge in [0, 0.05) is 64.2 Å². The zero-order chi connectivity index (χ0) is 17.2. The number of hydrogen-bond acceptors (Lipinski definition) is 5. The summed E-state index contributed by atoms with van der Waals surface area (Å²) in [5, 5.41) is 6.13. The van der Waals surface area contributed by atoms with Crippen LogP contribution in [0.15, 0.2) is 24.3 Å². The van der Waals surface area contributed by atoms with E-state index >= 15 is 0 Å². The average molecular weight is 407 g/mol. The summed E-state index contributed by atoms with van der Waals surface area (Å²) in [7, 11) is 1.68. The topological polar surface area (TPSA) is 56.8 Å². The molecule has 8 heteroatoms. The van der Waals surface area contributed by atoms with Crippen molar-refractivity contribution in [3.05, 3.63) is 29.8 Å². The molecule has 1 heterocycles. The van der Waals surface area contributed by atoms with Crippen LogP contribution in [0.4, 0.5) is 5.69 Å². The molecule has 6 nitrogen and oxygen atoms in total. The molecule has 0 aliphatic carbocycles. The third-order valence-corrected chi connectivity index (χ3v) is 4.38.